The Bertz CT molecular complexity index is 1010. The first-order chi connectivity index (χ1) is 17.4. The van der Waals surface area contributed by atoms with E-state index in [1.54, 1.807) is 12.5 Å². The molecule has 5 heteroatoms. The second kappa shape index (κ2) is 9.45. The molecule has 1 amide bonds. The molecule has 37 heavy (non-hydrogen) atoms. The molecule has 1 aliphatic heterocycles. The summed E-state index contributed by atoms with van der Waals surface area (Å²) in [6.45, 7) is 15.9. The van der Waals surface area contributed by atoms with E-state index in [4.69, 9.17) is 9.47 Å². The number of fused-ring (bicyclic) bond motifs is 7. The molecule has 0 aromatic heterocycles. The van der Waals surface area contributed by atoms with Crippen LogP contribution in [-0.4, -0.2) is 30.1 Å². The lowest BCUT2D eigenvalue weighted by molar-refractivity contribution is -0.148. The van der Waals surface area contributed by atoms with Crippen LogP contribution in [0.3, 0.4) is 0 Å². The largest absolute Gasteiger partial charge is 0.491 e. The van der Waals surface area contributed by atoms with Crippen LogP contribution in [0.5, 0.6) is 0 Å². The molecule has 5 rings (SSSR count). The van der Waals surface area contributed by atoms with Gasteiger partial charge in [-0.15, -0.1) is 0 Å². The molecule has 1 heterocycles. The first-order valence-electron chi connectivity index (χ1n) is 14.9. The molecular formula is C32H49NO4. The summed E-state index contributed by atoms with van der Waals surface area (Å²) < 4.78 is 12.5. The van der Waals surface area contributed by atoms with Gasteiger partial charge < -0.3 is 14.8 Å². The number of nitrogens with one attached hydrogen (secondary N) is 1. The second-order valence-corrected chi connectivity index (χ2v) is 14.0. The molecule has 1 N–H and O–H groups in total. The highest BCUT2D eigenvalue weighted by molar-refractivity contribution is 5.72. The van der Waals surface area contributed by atoms with Crippen molar-refractivity contribution in [3.05, 3.63) is 23.0 Å². The third kappa shape index (κ3) is 4.46. The lowest BCUT2D eigenvalue weighted by Gasteiger charge is -2.58. The quantitative estimate of drug-likeness (QED) is 0.317. The summed E-state index contributed by atoms with van der Waals surface area (Å²) in [5, 5.41) is 2.96. The summed E-state index contributed by atoms with van der Waals surface area (Å²) >= 11 is 0. The summed E-state index contributed by atoms with van der Waals surface area (Å²) in [5.74, 6) is 4.22. The third-order valence-electron chi connectivity index (χ3n) is 11.5. The predicted molar refractivity (Wildman–Crippen MR) is 145 cm³/mol. The normalized spacial score (nSPS) is 43.0. The number of amides is 1. The molecule has 3 fully saturated rings. The SMILES string of the molecule is CC(=O)NC[C@@H](C)CCC1=C(C)[C@@H]2[C@@]3(C)CC[C@H]4[C@@H](CC=C5C[C@@H](OC(C)=O)CC[C@@]54C)[C@@H]3C[C@]2(C)O1. The minimum Gasteiger partial charge on any atom is -0.491 e. The fourth-order valence-corrected chi connectivity index (χ4v) is 9.93. The van der Waals surface area contributed by atoms with Crippen LogP contribution in [0.1, 0.15) is 106 Å². The average Bonchev–Trinajstić information content (AvgIpc) is 3.22. The molecule has 0 aromatic carbocycles. The highest BCUT2D eigenvalue weighted by atomic mass is 16.5. The lowest BCUT2D eigenvalue weighted by Crippen LogP contribution is -2.50. The van der Waals surface area contributed by atoms with Crippen molar-refractivity contribution in [2.24, 2.45) is 40.4 Å². The molecule has 5 aliphatic rings. The molecule has 0 radical (unpaired) electrons. The number of hydrogen-bond donors (Lipinski definition) is 1. The van der Waals surface area contributed by atoms with Crippen LogP contribution in [0.4, 0.5) is 0 Å². The summed E-state index contributed by atoms with van der Waals surface area (Å²) in [7, 11) is 0. The van der Waals surface area contributed by atoms with Crippen LogP contribution in [0.25, 0.3) is 0 Å². The number of ether oxygens (including phenoxy) is 2. The number of rotatable bonds is 6. The van der Waals surface area contributed by atoms with E-state index in [0.29, 0.717) is 23.2 Å². The summed E-state index contributed by atoms with van der Waals surface area (Å²) in [6, 6.07) is 0. The van der Waals surface area contributed by atoms with Gasteiger partial charge in [-0.25, -0.2) is 0 Å². The van der Waals surface area contributed by atoms with E-state index >= 15 is 0 Å². The Morgan fingerprint density at radius 1 is 1.16 bits per heavy atom. The monoisotopic (exact) mass is 511 g/mol. The minimum atomic E-state index is -0.146. The molecule has 0 spiro atoms. The number of allylic oxidation sites excluding steroid dienone is 2. The fraction of sp³-hybridized carbons (Fsp3) is 0.812. The molecule has 3 saturated carbocycles. The van der Waals surface area contributed by atoms with Gasteiger partial charge in [0.2, 0.25) is 5.91 Å². The van der Waals surface area contributed by atoms with Crippen LogP contribution >= 0.6 is 0 Å². The number of hydrogen-bond acceptors (Lipinski definition) is 4. The molecule has 0 aromatic rings. The van der Waals surface area contributed by atoms with Crippen LogP contribution < -0.4 is 5.32 Å². The Morgan fingerprint density at radius 3 is 2.62 bits per heavy atom. The zero-order valence-corrected chi connectivity index (χ0v) is 24.2. The van der Waals surface area contributed by atoms with Gasteiger partial charge in [0.05, 0.1) is 5.76 Å². The molecule has 206 valence electrons. The predicted octanol–water partition coefficient (Wildman–Crippen LogP) is 6.72. The minimum absolute atomic E-state index is 0.0481. The van der Waals surface area contributed by atoms with E-state index in [1.807, 2.05) is 0 Å². The highest BCUT2D eigenvalue weighted by Crippen LogP contribution is 2.71. The van der Waals surface area contributed by atoms with Gasteiger partial charge in [-0.1, -0.05) is 32.4 Å². The Labute approximate surface area is 224 Å². The molecule has 0 unspecified atom stereocenters. The van der Waals surface area contributed by atoms with Crippen molar-refractivity contribution >= 4 is 11.9 Å². The zero-order chi connectivity index (χ0) is 26.8. The van der Waals surface area contributed by atoms with Gasteiger partial charge in [0, 0.05) is 39.2 Å². The van der Waals surface area contributed by atoms with Crippen molar-refractivity contribution in [1.29, 1.82) is 0 Å². The Morgan fingerprint density at radius 2 is 1.92 bits per heavy atom. The first-order valence-corrected chi connectivity index (χ1v) is 14.9. The van der Waals surface area contributed by atoms with Crippen molar-refractivity contribution in [1.82, 2.24) is 5.32 Å². The van der Waals surface area contributed by atoms with E-state index in [2.05, 4.69) is 46.0 Å². The molecular weight excluding hydrogens is 462 g/mol. The van der Waals surface area contributed by atoms with Crippen molar-refractivity contribution in [2.75, 3.05) is 6.54 Å². The van der Waals surface area contributed by atoms with E-state index < -0.39 is 0 Å². The number of carbonyl (C=O) groups is 2. The van der Waals surface area contributed by atoms with Gasteiger partial charge in [0.15, 0.2) is 0 Å². The standard InChI is InChI=1S/C32H49NO4/c1-19(18-33-21(3)34)8-11-28-20(2)29-31(6)15-13-26-25(27(31)17-32(29,7)37-28)10-9-23-16-24(36-22(4)35)12-14-30(23,26)5/h9,19,24-27,29H,8,10-18H2,1-7H3,(H,33,34)/t19-,24-,25+,26-,27-,29+,30-,31-,32-/m0/s1. The van der Waals surface area contributed by atoms with Crippen molar-refractivity contribution in [3.8, 4) is 0 Å². The zero-order valence-electron chi connectivity index (χ0n) is 24.2. The lowest BCUT2D eigenvalue weighted by atomic mass is 9.47. The maximum absolute atomic E-state index is 11.6. The van der Waals surface area contributed by atoms with E-state index in [-0.39, 0.29) is 29.0 Å². The van der Waals surface area contributed by atoms with Gasteiger partial charge in [-0.3, -0.25) is 9.59 Å². The number of carbonyl (C=O) groups excluding carboxylic acids is 2. The molecule has 5 nitrogen and oxygen atoms in total. The summed E-state index contributed by atoms with van der Waals surface area (Å²) in [5.41, 5.74) is 3.51. The topological polar surface area (TPSA) is 64.6 Å². The maximum Gasteiger partial charge on any atom is 0.302 e. The molecule has 0 bridgehead atoms. The highest BCUT2D eigenvalue weighted by Gasteiger charge is 2.67. The summed E-state index contributed by atoms with van der Waals surface area (Å²) in [4.78, 5) is 22.9. The van der Waals surface area contributed by atoms with Crippen LogP contribution in [0.2, 0.25) is 0 Å². The van der Waals surface area contributed by atoms with Gasteiger partial charge in [0.1, 0.15) is 11.7 Å². The van der Waals surface area contributed by atoms with E-state index in [0.717, 1.165) is 56.9 Å². The molecule has 0 saturated heterocycles. The van der Waals surface area contributed by atoms with Crippen molar-refractivity contribution in [3.63, 3.8) is 0 Å². The van der Waals surface area contributed by atoms with Crippen LogP contribution in [-0.2, 0) is 19.1 Å². The smallest absolute Gasteiger partial charge is 0.302 e. The third-order valence-corrected chi connectivity index (χ3v) is 11.5. The summed E-state index contributed by atoms with van der Waals surface area (Å²) in [6.07, 6.45) is 12.6. The van der Waals surface area contributed by atoms with Gasteiger partial charge in [0.25, 0.3) is 0 Å². The number of esters is 1. The Hall–Kier alpha value is -1.78. The fourth-order valence-electron chi connectivity index (χ4n) is 9.93. The molecule has 9 atom stereocenters. The van der Waals surface area contributed by atoms with Crippen LogP contribution in [0, 0.1) is 40.4 Å². The average molecular weight is 512 g/mol. The Kier molecular flexibility index (Phi) is 6.85. The van der Waals surface area contributed by atoms with Crippen molar-refractivity contribution in [2.45, 2.75) is 118 Å². The van der Waals surface area contributed by atoms with E-state index in [9.17, 15) is 9.59 Å². The van der Waals surface area contributed by atoms with Crippen LogP contribution in [0.15, 0.2) is 23.0 Å². The van der Waals surface area contributed by atoms with E-state index in [1.165, 1.54) is 37.5 Å². The molecule has 4 aliphatic carbocycles. The first kappa shape index (κ1) is 26.8. The Balaban J connectivity index is 1.32. The van der Waals surface area contributed by atoms with Gasteiger partial charge in [-0.2, -0.15) is 0 Å². The second-order valence-electron chi connectivity index (χ2n) is 14.0. The van der Waals surface area contributed by atoms with Crippen molar-refractivity contribution < 1.29 is 19.1 Å². The van der Waals surface area contributed by atoms with Gasteiger partial charge >= 0.3 is 5.97 Å². The maximum atomic E-state index is 11.6. The van der Waals surface area contributed by atoms with Gasteiger partial charge in [-0.05, 0) is 98.9 Å².